The molecule has 1 N–H and O–H groups in total. The van der Waals surface area contributed by atoms with Gasteiger partial charge in [0.2, 0.25) is 5.91 Å². The summed E-state index contributed by atoms with van der Waals surface area (Å²) in [6.07, 6.45) is -1.07. The lowest BCUT2D eigenvalue weighted by Gasteiger charge is -2.33. The van der Waals surface area contributed by atoms with Crippen LogP contribution in [-0.2, 0) is 9.53 Å². The number of alkyl halides is 1. The van der Waals surface area contributed by atoms with Crippen LogP contribution in [-0.4, -0.2) is 55.0 Å². The third kappa shape index (κ3) is 2.38. The summed E-state index contributed by atoms with van der Waals surface area (Å²) < 4.78 is 18.1. The Morgan fingerprint density at radius 2 is 2.46 bits per heavy atom. The Balaban J connectivity index is 2.45. The maximum Gasteiger partial charge on any atom is 0.248 e. The first-order valence-corrected chi connectivity index (χ1v) is 4.24. The van der Waals surface area contributed by atoms with Crippen molar-refractivity contribution in [3.05, 3.63) is 0 Å². The smallest absolute Gasteiger partial charge is 0.248 e. The zero-order valence-electron chi connectivity index (χ0n) is 7.57. The predicted octanol–water partition coefficient (Wildman–Crippen LogP) is -0.436. The number of aliphatic hydroxyl groups excluding tert-OH is 1. The molecule has 1 saturated heterocycles. The van der Waals surface area contributed by atoms with Crippen molar-refractivity contribution < 1.29 is 19.0 Å². The highest BCUT2D eigenvalue weighted by molar-refractivity contribution is 5.77. The van der Waals surface area contributed by atoms with E-state index in [1.54, 1.807) is 0 Å². The molecule has 13 heavy (non-hydrogen) atoms. The first kappa shape index (κ1) is 10.4. The molecule has 0 spiro atoms. The van der Waals surface area contributed by atoms with Crippen LogP contribution in [0.25, 0.3) is 0 Å². The van der Waals surface area contributed by atoms with E-state index in [-0.39, 0.29) is 6.54 Å². The van der Waals surface area contributed by atoms with Crippen molar-refractivity contribution in [1.29, 1.82) is 0 Å². The van der Waals surface area contributed by atoms with Gasteiger partial charge in [0.25, 0.3) is 0 Å². The van der Waals surface area contributed by atoms with Gasteiger partial charge in [-0.05, 0) is 6.42 Å². The highest BCUT2D eigenvalue weighted by atomic mass is 19.1. The number of methoxy groups -OCH3 is 1. The molecule has 1 amide bonds. The Hall–Kier alpha value is -0.680. The molecular weight excluding hydrogens is 177 g/mol. The maximum atomic E-state index is 13.2. The maximum absolute atomic E-state index is 13.2. The molecule has 1 aliphatic heterocycles. The van der Waals surface area contributed by atoms with Gasteiger partial charge in [-0.3, -0.25) is 4.79 Å². The lowest BCUT2D eigenvalue weighted by molar-refractivity contribution is -0.139. The zero-order valence-corrected chi connectivity index (χ0v) is 7.57. The van der Waals surface area contributed by atoms with E-state index in [1.165, 1.54) is 12.0 Å². The SMILES string of the molecule is CO[C@H]1CCN(C(=O)CO)C[C@@H]1F. The van der Waals surface area contributed by atoms with Crippen molar-refractivity contribution in [2.24, 2.45) is 0 Å². The van der Waals surface area contributed by atoms with Gasteiger partial charge in [-0.2, -0.15) is 0 Å². The van der Waals surface area contributed by atoms with E-state index < -0.39 is 24.8 Å². The van der Waals surface area contributed by atoms with E-state index in [0.29, 0.717) is 13.0 Å². The standard InChI is InChI=1S/C8H14FNO3/c1-13-7-2-3-10(4-6(7)9)8(12)5-11/h6-7,11H,2-5H2,1H3/t6-,7-/m0/s1. The average molecular weight is 191 g/mol. The van der Waals surface area contributed by atoms with Crippen LogP contribution in [0.15, 0.2) is 0 Å². The molecule has 0 bridgehead atoms. The summed E-state index contributed by atoms with van der Waals surface area (Å²) in [7, 11) is 1.46. The minimum Gasteiger partial charge on any atom is -0.387 e. The molecule has 0 aromatic heterocycles. The normalized spacial score (nSPS) is 29.0. The van der Waals surface area contributed by atoms with Crippen molar-refractivity contribution in [1.82, 2.24) is 4.90 Å². The Labute approximate surface area is 76.3 Å². The fraction of sp³-hybridized carbons (Fsp3) is 0.875. The van der Waals surface area contributed by atoms with Gasteiger partial charge < -0.3 is 14.7 Å². The number of ether oxygens (including phenoxy) is 1. The molecular formula is C8H14FNO3. The van der Waals surface area contributed by atoms with Crippen LogP contribution in [0, 0.1) is 0 Å². The molecule has 1 rings (SSSR count). The van der Waals surface area contributed by atoms with Gasteiger partial charge in [-0.25, -0.2) is 4.39 Å². The molecule has 76 valence electrons. The Kier molecular flexibility index (Phi) is 3.62. The summed E-state index contributed by atoms with van der Waals surface area (Å²) in [6.45, 7) is -0.0689. The number of aliphatic hydroxyl groups is 1. The monoisotopic (exact) mass is 191 g/mol. The fourth-order valence-corrected chi connectivity index (χ4v) is 1.48. The van der Waals surface area contributed by atoms with Crippen LogP contribution in [0.1, 0.15) is 6.42 Å². The molecule has 1 fully saturated rings. The lowest BCUT2D eigenvalue weighted by atomic mass is 10.1. The Morgan fingerprint density at radius 3 is 2.92 bits per heavy atom. The van der Waals surface area contributed by atoms with E-state index in [0.717, 1.165) is 0 Å². The lowest BCUT2D eigenvalue weighted by Crippen LogP contribution is -2.48. The summed E-state index contributed by atoms with van der Waals surface area (Å²) >= 11 is 0. The first-order chi connectivity index (χ1) is 6.19. The third-order valence-corrected chi connectivity index (χ3v) is 2.27. The molecule has 0 unspecified atom stereocenters. The summed E-state index contributed by atoms with van der Waals surface area (Å²) in [5.74, 6) is -0.419. The van der Waals surface area contributed by atoms with Crippen molar-refractivity contribution >= 4 is 5.91 Å². The predicted molar refractivity (Wildman–Crippen MR) is 44.0 cm³/mol. The van der Waals surface area contributed by atoms with Gasteiger partial charge >= 0.3 is 0 Å². The highest BCUT2D eigenvalue weighted by Crippen LogP contribution is 2.16. The molecule has 5 heteroatoms. The fourth-order valence-electron chi connectivity index (χ4n) is 1.48. The molecule has 0 radical (unpaired) electrons. The number of likely N-dealkylation sites (tertiary alicyclic amines) is 1. The molecule has 4 nitrogen and oxygen atoms in total. The van der Waals surface area contributed by atoms with Crippen LogP contribution < -0.4 is 0 Å². The molecule has 0 aromatic carbocycles. The van der Waals surface area contributed by atoms with E-state index in [2.05, 4.69) is 0 Å². The van der Waals surface area contributed by atoms with Crippen LogP contribution in [0.2, 0.25) is 0 Å². The van der Waals surface area contributed by atoms with Crippen LogP contribution in [0.5, 0.6) is 0 Å². The van der Waals surface area contributed by atoms with Gasteiger partial charge in [0, 0.05) is 13.7 Å². The summed E-state index contributed by atoms with van der Waals surface area (Å²) in [5.41, 5.74) is 0. The largest absolute Gasteiger partial charge is 0.387 e. The third-order valence-electron chi connectivity index (χ3n) is 2.27. The number of hydrogen-bond acceptors (Lipinski definition) is 3. The van der Waals surface area contributed by atoms with Crippen molar-refractivity contribution in [3.63, 3.8) is 0 Å². The van der Waals surface area contributed by atoms with Gasteiger partial charge in [-0.15, -0.1) is 0 Å². The average Bonchev–Trinajstić information content (AvgIpc) is 2.16. The number of halogens is 1. The number of rotatable bonds is 2. The van der Waals surface area contributed by atoms with Crippen LogP contribution in [0.4, 0.5) is 4.39 Å². The second kappa shape index (κ2) is 4.53. The number of piperidine rings is 1. The van der Waals surface area contributed by atoms with Crippen LogP contribution in [0.3, 0.4) is 0 Å². The first-order valence-electron chi connectivity index (χ1n) is 4.24. The summed E-state index contributed by atoms with van der Waals surface area (Å²) in [6, 6.07) is 0. The number of hydrogen-bond donors (Lipinski definition) is 1. The number of carbonyl (C=O) groups excluding carboxylic acids is 1. The molecule has 1 heterocycles. The minimum absolute atomic E-state index is 0.0257. The summed E-state index contributed by atoms with van der Waals surface area (Å²) in [4.78, 5) is 12.3. The van der Waals surface area contributed by atoms with Gasteiger partial charge in [0.15, 0.2) is 0 Å². The molecule has 0 aliphatic carbocycles. The van der Waals surface area contributed by atoms with E-state index in [1.807, 2.05) is 0 Å². The van der Waals surface area contributed by atoms with Crippen LogP contribution >= 0.6 is 0 Å². The van der Waals surface area contributed by atoms with Gasteiger partial charge in [-0.1, -0.05) is 0 Å². The number of nitrogens with zero attached hydrogens (tertiary/aromatic N) is 1. The van der Waals surface area contributed by atoms with Gasteiger partial charge in [0.1, 0.15) is 12.8 Å². The quantitative estimate of drug-likeness (QED) is 0.644. The zero-order chi connectivity index (χ0) is 9.84. The second-order valence-electron chi connectivity index (χ2n) is 3.08. The van der Waals surface area contributed by atoms with Gasteiger partial charge in [0.05, 0.1) is 12.6 Å². The van der Waals surface area contributed by atoms with Crippen molar-refractivity contribution in [2.75, 3.05) is 26.8 Å². The van der Waals surface area contributed by atoms with E-state index in [4.69, 9.17) is 9.84 Å². The topological polar surface area (TPSA) is 49.8 Å². The molecule has 0 saturated carbocycles. The Morgan fingerprint density at radius 1 is 1.77 bits per heavy atom. The second-order valence-corrected chi connectivity index (χ2v) is 3.08. The number of carbonyl (C=O) groups is 1. The van der Waals surface area contributed by atoms with E-state index in [9.17, 15) is 9.18 Å². The van der Waals surface area contributed by atoms with Crippen molar-refractivity contribution in [3.8, 4) is 0 Å². The number of amides is 1. The Bertz CT molecular complexity index is 188. The highest BCUT2D eigenvalue weighted by Gasteiger charge is 2.30. The van der Waals surface area contributed by atoms with Crippen molar-refractivity contribution in [2.45, 2.75) is 18.7 Å². The van der Waals surface area contributed by atoms with E-state index >= 15 is 0 Å². The summed E-state index contributed by atoms with van der Waals surface area (Å²) in [5, 5.41) is 8.55. The minimum atomic E-state index is -1.14. The molecule has 0 aromatic rings. The molecule has 2 atom stereocenters. The molecule has 1 aliphatic rings.